The van der Waals surface area contributed by atoms with E-state index >= 15 is 0 Å². The summed E-state index contributed by atoms with van der Waals surface area (Å²) in [7, 11) is 1.96. The first kappa shape index (κ1) is 94.7. The van der Waals surface area contributed by atoms with Gasteiger partial charge in [-0.15, -0.1) is 0 Å². The lowest BCUT2D eigenvalue weighted by atomic mass is 9.90. The van der Waals surface area contributed by atoms with Gasteiger partial charge < -0.3 is 76.7 Å². The Labute approximate surface area is 740 Å². The molecular formula is C101H99NO28. The SMILES string of the molecule is CCCCCc1cc(=O)oc2c(C=O)c(O)ccc12.CCCCc1cc(=O)oc2c(C=O)c(O)ccc12.CCCc1cc(=O)oc2c(C=O)c(O)ccc12.CN1CCc2c(c(=O)oc3c(CO)c(O)ccc23)C1.O=Cc1c(O)ccc2c3c(c(=O)oc12)CCCC3.O=Cc1c(O)ccc2c3c(c(=O)oc12)CCCCC3.O=Cc1c(O)ccc2c3c(c(=O)oc12)CCCCCC3. The first-order chi connectivity index (χ1) is 62.8. The zero-order chi connectivity index (χ0) is 93.1. The number of unbranched alkanes of at least 4 members (excludes halogenated alkanes) is 3. The number of benzene rings is 7. The smallest absolute Gasteiger partial charge is 0.341 e. The van der Waals surface area contributed by atoms with E-state index in [-0.39, 0.29) is 142 Å². The van der Waals surface area contributed by atoms with E-state index < -0.39 is 16.9 Å². The van der Waals surface area contributed by atoms with Crippen LogP contribution in [0.2, 0.25) is 0 Å². The van der Waals surface area contributed by atoms with Crippen molar-refractivity contribution in [3.63, 3.8) is 0 Å². The third-order valence-electron chi connectivity index (χ3n) is 23.8. The number of aldehydes is 6. The molecule has 0 atom stereocenters. The Bertz CT molecular complexity index is 7130. The van der Waals surface area contributed by atoms with Crippen molar-refractivity contribution < 1.29 is 101 Å². The van der Waals surface area contributed by atoms with Crippen LogP contribution in [0.5, 0.6) is 40.2 Å². The Morgan fingerprint density at radius 2 is 0.562 bits per heavy atom. The van der Waals surface area contributed by atoms with Crippen LogP contribution in [0.1, 0.15) is 246 Å². The number of rotatable bonds is 16. The second-order valence-corrected chi connectivity index (χ2v) is 32.2. The van der Waals surface area contributed by atoms with E-state index in [1.165, 1.54) is 60.7 Å². The molecule has 7 aromatic carbocycles. The van der Waals surface area contributed by atoms with Crippen LogP contribution in [0.3, 0.4) is 0 Å². The number of phenolic OH excluding ortho intramolecular Hbond substituents is 6. The van der Waals surface area contributed by atoms with E-state index in [2.05, 4.69) is 18.7 Å². The molecule has 29 heteroatoms. The standard InChI is InChI=1S/C16H16O4.C15H14O4.C15H16O4.C14H15NO4.C14H12O4.C14H14O4.C13H12O4/c17-9-13-14(18)8-7-11-10-5-3-1-2-4-6-12(10)16(19)20-15(11)13;16-8-12-13(17)7-6-10-9-4-2-1-3-5-11(9)15(18)19-14(10)12;1-2-3-4-5-10-8-14(18)19-15-11(10)6-7-13(17)12(15)9-16;1-15-5-4-8-9-2-3-12(17)11(7-16)13(9)19-14(18)10(8)6-15;15-7-11-12(16)6-5-9-8-3-1-2-4-10(8)14(17)18-13(9)11;1-2-3-4-9-7-13(17)18-14-10(9)5-6-12(16)11(14)8-15;1-2-3-8-6-12(16)17-13-9(8)4-5-11(15)10(13)7-14/h7-9,18H,1-6H2;6-8,17H,1-5H2;6-9,17H,2-5H2,1H3;2-3,16-17H,4-7H2,1H3;5-7,16H,1-4H2;5-8,16H,2-4H2,1H3;4-7,15H,2-3H2,1H3. The Kier molecular flexibility index (Phi) is 31.6. The summed E-state index contributed by atoms with van der Waals surface area (Å²) in [5.41, 5.74) is 8.28. The van der Waals surface area contributed by atoms with E-state index in [0.29, 0.717) is 66.2 Å². The minimum absolute atomic E-state index is 0.0255. The molecule has 18 rings (SSSR count). The number of aliphatic hydroxyl groups is 1. The second-order valence-electron chi connectivity index (χ2n) is 32.2. The monoisotopic (exact) mass is 1770 g/mol. The number of carbonyl (C=O) groups excluding carboxylic acids is 6. The Morgan fingerprint density at radius 3 is 0.892 bits per heavy atom. The first-order valence-corrected chi connectivity index (χ1v) is 43.4. The van der Waals surface area contributed by atoms with Gasteiger partial charge in [0.25, 0.3) is 0 Å². The maximum atomic E-state index is 12.2. The Hall–Kier alpha value is -14.5. The molecule has 1 aliphatic heterocycles. The first-order valence-electron chi connectivity index (χ1n) is 43.4. The van der Waals surface area contributed by atoms with Gasteiger partial charge in [-0.2, -0.15) is 0 Å². The maximum absolute atomic E-state index is 12.2. The second kappa shape index (κ2) is 43.4. The molecule has 29 nitrogen and oxygen atoms in total. The van der Waals surface area contributed by atoms with E-state index in [4.69, 9.17) is 30.9 Å². The van der Waals surface area contributed by atoms with Crippen molar-refractivity contribution >= 4 is 115 Å². The van der Waals surface area contributed by atoms with E-state index in [1.807, 2.05) is 14.0 Å². The summed E-state index contributed by atoms with van der Waals surface area (Å²) in [5.74, 6) is -1.03. The molecule has 0 unspecified atom stereocenters. The van der Waals surface area contributed by atoms with Crippen molar-refractivity contribution in [3.05, 3.63) is 276 Å². The van der Waals surface area contributed by atoms with Crippen molar-refractivity contribution in [2.75, 3.05) is 13.6 Å². The van der Waals surface area contributed by atoms with Crippen molar-refractivity contribution in [3.8, 4) is 40.2 Å². The van der Waals surface area contributed by atoms with Crippen LogP contribution >= 0.6 is 0 Å². The molecule has 8 N–H and O–H groups in total. The number of aromatic hydroxyl groups is 7. The molecule has 0 spiro atoms. The minimum Gasteiger partial charge on any atom is -0.507 e. The van der Waals surface area contributed by atoms with Gasteiger partial charge in [-0.1, -0.05) is 65.7 Å². The molecule has 0 saturated heterocycles. The van der Waals surface area contributed by atoms with E-state index in [0.717, 1.165) is 250 Å². The van der Waals surface area contributed by atoms with Gasteiger partial charge in [-0.05, 0) is 246 Å². The predicted octanol–water partition coefficient (Wildman–Crippen LogP) is 16.7. The summed E-state index contributed by atoms with van der Waals surface area (Å²) in [5, 5.41) is 82.0. The van der Waals surface area contributed by atoms with Crippen LogP contribution in [0.15, 0.2) is 168 Å². The quantitative estimate of drug-likeness (QED) is 0.0193. The zero-order valence-corrected chi connectivity index (χ0v) is 72.3. The molecule has 0 saturated carbocycles. The third kappa shape index (κ3) is 20.7. The van der Waals surface area contributed by atoms with Gasteiger partial charge >= 0.3 is 39.4 Å². The van der Waals surface area contributed by atoms with Crippen LogP contribution in [-0.2, 0) is 77.4 Å². The summed E-state index contributed by atoms with van der Waals surface area (Å²) < 4.78 is 36.2. The summed E-state index contributed by atoms with van der Waals surface area (Å²) in [6.07, 6.45) is 26.2. The zero-order valence-electron chi connectivity index (χ0n) is 72.3. The maximum Gasteiger partial charge on any atom is 0.341 e. The topological polar surface area (TPSA) is 479 Å². The molecule has 14 aromatic rings. The van der Waals surface area contributed by atoms with Crippen LogP contribution in [0, 0.1) is 0 Å². The fourth-order valence-corrected chi connectivity index (χ4v) is 17.2. The van der Waals surface area contributed by atoms with Crippen LogP contribution in [0.4, 0.5) is 0 Å². The van der Waals surface area contributed by atoms with Gasteiger partial charge in [0.1, 0.15) is 45.8 Å². The number of phenols is 7. The average Bonchev–Trinajstić information content (AvgIpc) is 0.784. The summed E-state index contributed by atoms with van der Waals surface area (Å²) in [6.45, 7) is 7.27. The fraction of sp³-hybridized carbons (Fsp3) is 0.317. The molecule has 7 aromatic heterocycles. The highest BCUT2D eigenvalue weighted by molar-refractivity contribution is 6.03. The lowest BCUT2D eigenvalue weighted by molar-refractivity contribution is 0.111. The molecule has 676 valence electrons. The molecular weight excluding hydrogens is 1680 g/mol. The number of hydrogen-bond donors (Lipinski definition) is 8. The van der Waals surface area contributed by atoms with E-state index in [9.17, 15) is 103 Å². The predicted molar refractivity (Wildman–Crippen MR) is 487 cm³/mol. The highest BCUT2D eigenvalue weighted by atomic mass is 16.4. The minimum atomic E-state index is -0.505. The number of carbonyl (C=O) groups is 6. The lowest BCUT2D eigenvalue weighted by Gasteiger charge is -2.24. The Morgan fingerprint density at radius 1 is 0.292 bits per heavy atom. The van der Waals surface area contributed by atoms with Gasteiger partial charge in [0.2, 0.25) is 0 Å². The number of fused-ring (bicyclic) bond motifs is 15. The number of aliphatic hydroxyl groups excluding tert-OH is 1. The molecule has 0 bridgehead atoms. The highest BCUT2D eigenvalue weighted by Crippen LogP contribution is 2.38. The molecule has 0 radical (unpaired) electrons. The number of nitrogens with zero attached hydrogens (tertiary/aromatic N) is 1. The van der Waals surface area contributed by atoms with Crippen molar-refractivity contribution in [2.45, 2.75) is 194 Å². The number of aryl methyl sites for hydroxylation is 6. The van der Waals surface area contributed by atoms with Gasteiger partial charge in [-0.25, -0.2) is 33.6 Å². The average molecular weight is 1770 g/mol. The third-order valence-corrected chi connectivity index (χ3v) is 23.8. The number of hydrogen-bond acceptors (Lipinski definition) is 29. The van der Waals surface area contributed by atoms with Gasteiger partial charge in [-0.3, -0.25) is 28.8 Å². The normalized spacial score (nSPS) is 13.3. The van der Waals surface area contributed by atoms with Crippen LogP contribution in [-0.4, -0.2) is 97.1 Å². The highest BCUT2D eigenvalue weighted by Gasteiger charge is 2.27. The van der Waals surface area contributed by atoms with Crippen LogP contribution in [0.25, 0.3) is 76.8 Å². The van der Waals surface area contributed by atoms with Gasteiger partial charge in [0, 0.05) is 85.7 Å². The van der Waals surface area contributed by atoms with Crippen LogP contribution < -0.4 is 39.4 Å². The molecule has 130 heavy (non-hydrogen) atoms. The molecule has 8 heterocycles. The van der Waals surface area contributed by atoms with Gasteiger partial charge in [0.05, 0.1) is 51.1 Å². The lowest BCUT2D eigenvalue weighted by Crippen LogP contribution is -2.31. The molecule has 3 aliphatic carbocycles. The van der Waals surface area contributed by atoms with Crippen molar-refractivity contribution in [1.29, 1.82) is 0 Å². The fourth-order valence-electron chi connectivity index (χ4n) is 17.2. The molecule has 4 aliphatic rings. The largest absolute Gasteiger partial charge is 0.507 e. The molecule has 0 fully saturated rings. The van der Waals surface area contributed by atoms with Crippen molar-refractivity contribution in [2.24, 2.45) is 0 Å². The number of likely N-dealkylation sites (N-methyl/N-ethyl adjacent to an activating group) is 1. The molecule has 0 amide bonds. The summed E-state index contributed by atoms with van der Waals surface area (Å²) >= 11 is 0. The summed E-state index contributed by atoms with van der Waals surface area (Å²) in [4.78, 5) is 151. The summed E-state index contributed by atoms with van der Waals surface area (Å²) in [6, 6.07) is 26.6. The van der Waals surface area contributed by atoms with E-state index in [1.54, 1.807) is 42.5 Å². The Balaban J connectivity index is 0.000000137. The van der Waals surface area contributed by atoms with Crippen molar-refractivity contribution in [1.82, 2.24) is 4.90 Å². The van der Waals surface area contributed by atoms with Gasteiger partial charge in [0.15, 0.2) is 71.2 Å².